The second-order valence-electron chi connectivity index (χ2n) is 5.45. The summed E-state index contributed by atoms with van der Waals surface area (Å²) >= 11 is 0. The van der Waals surface area contributed by atoms with E-state index in [1.807, 2.05) is 33.8 Å². The van der Waals surface area contributed by atoms with Gasteiger partial charge in [0, 0.05) is 5.41 Å². The van der Waals surface area contributed by atoms with Crippen molar-refractivity contribution in [2.75, 3.05) is 6.61 Å². The van der Waals surface area contributed by atoms with E-state index in [1.165, 1.54) is 0 Å². The lowest BCUT2D eigenvalue weighted by Gasteiger charge is -2.22. The van der Waals surface area contributed by atoms with Gasteiger partial charge in [-0.25, -0.2) is 4.79 Å². The van der Waals surface area contributed by atoms with Crippen LogP contribution in [-0.2, 0) is 19.1 Å². The van der Waals surface area contributed by atoms with Gasteiger partial charge in [-0.3, -0.25) is 4.79 Å². The molecule has 1 saturated heterocycles. The number of hydrogen-bond donors (Lipinski definition) is 0. The predicted octanol–water partition coefficient (Wildman–Crippen LogP) is 2.08. The fourth-order valence-corrected chi connectivity index (χ4v) is 1.73. The molecule has 1 rings (SSSR count). The molecule has 17 heavy (non-hydrogen) atoms. The fourth-order valence-electron chi connectivity index (χ4n) is 1.73. The van der Waals surface area contributed by atoms with Crippen molar-refractivity contribution in [3.8, 4) is 0 Å². The molecule has 1 heterocycles. The predicted molar refractivity (Wildman–Crippen MR) is 63.2 cm³/mol. The maximum Gasteiger partial charge on any atom is 0.348 e. The highest BCUT2D eigenvalue weighted by Crippen LogP contribution is 2.31. The van der Waals surface area contributed by atoms with Crippen LogP contribution in [0.2, 0.25) is 0 Å². The first kappa shape index (κ1) is 13.7. The van der Waals surface area contributed by atoms with Crippen LogP contribution < -0.4 is 0 Å². The first-order chi connectivity index (χ1) is 7.74. The Labute approximate surface area is 102 Å². The molecule has 0 amide bonds. The minimum absolute atomic E-state index is 0.292. The zero-order valence-electron chi connectivity index (χ0n) is 11.1. The van der Waals surface area contributed by atoms with E-state index in [-0.39, 0.29) is 11.9 Å². The topological polar surface area (TPSA) is 52.6 Å². The third-order valence-corrected chi connectivity index (χ3v) is 2.70. The van der Waals surface area contributed by atoms with Gasteiger partial charge in [-0.2, -0.15) is 0 Å². The van der Waals surface area contributed by atoms with Crippen LogP contribution in [-0.4, -0.2) is 24.6 Å². The van der Waals surface area contributed by atoms with Crippen LogP contribution in [0.4, 0.5) is 0 Å². The largest absolute Gasteiger partial charge is 0.462 e. The number of rotatable bonds is 3. The summed E-state index contributed by atoms with van der Waals surface area (Å²) in [7, 11) is 0. The molecule has 96 valence electrons. The SMILES string of the molecule is CC(C)=C[C@@H](C)C(=O)O[C@H]1C(=O)OCC1(C)C. The lowest BCUT2D eigenvalue weighted by Crippen LogP contribution is -2.36. The Kier molecular flexibility index (Phi) is 3.96. The van der Waals surface area contributed by atoms with Gasteiger partial charge in [0.2, 0.25) is 6.10 Å². The van der Waals surface area contributed by atoms with E-state index in [9.17, 15) is 9.59 Å². The summed E-state index contributed by atoms with van der Waals surface area (Å²) in [5.41, 5.74) is 0.597. The highest BCUT2D eigenvalue weighted by atomic mass is 16.6. The number of esters is 2. The monoisotopic (exact) mass is 240 g/mol. The van der Waals surface area contributed by atoms with E-state index in [4.69, 9.17) is 9.47 Å². The van der Waals surface area contributed by atoms with Crippen LogP contribution in [0.3, 0.4) is 0 Å². The minimum atomic E-state index is -0.789. The van der Waals surface area contributed by atoms with Crippen LogP contribution in [0.15, 0.2) is 11.6 Å². The Morgan fingerprint density at radius 2 is 2.12 bits per heavy atom. The van der Waals surface area contributed by atoms with Gasteiger partial charge in [-0.15, -0.1) is 0 Å². The molecule has 0 saturated carbocycles. The second kappa shape index (κ2) is 4.90. The number of carbonyl (C=O) groups is 2. The van der Waals surface area contributed by atoms with Crippen molar-refractivity contribution in [2.24, 2.45) is 11.3 Å². The maximum atomic E-state index is 11.8. The van der Waals surface area contributed by atoms with Gasteiger partial charge in [-0.1, -0.05) is 25.5 Å². The summed E-state index contributed by atoms with van der Waals surface area (Å²) in [5.74, 6) is -1.18. The molecule has 0 spiro atoms. The maximum absolute atomic E-state index is 11.8. The Morgan fingerprint density at radius 3 is 2.53 bits per heavy atom. The van der Waals surface area contributed by atoms with Crippen LogP contribution in [0, 0.1) is 11.3 Å². The smallest absolute Gasteiger partial charge is 0.348 e. The molecule has 0 aromatic rings. The van der Waals surface area contributed by atoms with E-state index < -0.39 is 17.5 Å². The Balaban J connectivity index is 2.68. The summed E-state index contributed by atoms with van der Waals surface area (Å²) in [6.45, 7) is 9.57. The van der Waals surface area contributed by atoms with Crippen molar-refractivity contribution in [3.63, 3.8) is 0 Å². The van der Waals surface area contributed by atoms with Crippen molar-refractivity contribution in [1.82, 2.24) is 0 Å². The van der Waals surface area contributed by atoms with Crippen molar-refractivity contribution in [1.29, 1.82) is 0 Å². The molecule has 0 radical (unpaired) electrons. The standard InChI is InChI=1S/C13H20O4/c1-8(2)6-9(3)11(14)17-10-12(15)16-7-13(10,4)5/h6,9-10H,7H2,1-5H3/t9-,10+/m1/s1. The Hall–Kier alpha value is -1.32. The molecule has 0 aromatic heterocycles. The third-order valence-electron chi connectivity index (χ3n) is 2.70. The van der Waals surface area contributed by atoms with Gasteiger partial charge in [-0.05, 0) is 20.8 Å². The van der Waals surface area contributed by atoms with Crippen LogP contribution in [0.25, 0.3) is 0 Å². The number of ether oxygens (including phenoxy) is 2. The molecule has 1 aliphatic heterocycles. The first-order valence-electron chi connectivity index (χ1n) is 5.76. The summed E-state index contributed by atoms with van der Waals surface area (Å²) in [4.78, 5) is 23.2. The number of hydrogen-bond acceptors (Lipinski definition) is 4. The molecule has 0 bridgehead atoms. The van der Waals surface area contributed by atoms with Gasteiger partial charge >= 0.3 is 11.9 Å². The second-order valence-corrected chi connectivity index (χ2v) is 5.45. The molecule has 0 aliphatic carbocycles. The number of allylic oxidation sites excluding steroid dienone is 1. The lowest BCUT2D eigenvalue weighted by molar-refractivity contribution is -0.164. The van der Waals surface area contributed by atoms with Crippen molar-refractivity contribution in [3.05, 3.63) is 11.6 Å². The van der Waals surface area contributed by atoms with E-state index in [1.54, 1.807) is 6.92 Å². The van der Waals surface area contributed by atoms with Gasteiger partial charge < -0.3 is 9.47 Å². The van der Waals surface area contributed by atoms with Crippen LogP contribution in [0.1, 0.15) is 34.6 Å². The van der Waals surface area contributed by atoms with Crippen LogP contribution >= 0.6 is 0 Å². The Bertz CT molecular complexity index is 350. The highest BCUT2D eigenvalue weighted by Gasteiger charge is 2.46. The van der Waals surface area contributed by atoms with E-state index in [2.05, 4.69) is 0 Å². The minimum Gasteiger partial charge on any atom is -0.462 e. The normalized spacial score (nSPS) is 23.8. The summed E-state index contributed by atoms with van der Waals surface area (Å²) in [5, 5.41) is 0. The van der Waals surface area contributed by atoms with Crippen molar-refractivity contribution >= 4 is 11.9 Å². The summed E-state index contributed by atoms with van der Waals surface area (Å²) in [6.07, 6.45) is 1.03. The van der Waals surface area contributed by atoms with Gasteiger partial charge in [0.1, 0.15) is 6.61 Å². The molecule has 2 atom stereocenters. The molecule has 0 unspecified atom stereocenters. The number of cyclic esters (lactones) is 1. The summed E-state index contributed by atoms with van der Waals surface area (Å²) in [6, 6.07) is 0. The average molecular weight is 240 g/mol. The lowest BCUT2D eigenvalue weighted by atomic mass is 9.89. The molecular formula is C13H20O4. The van der Waals surface area contributed by atoms with E-state index in [0.717, 1.165) is 5.57 Å². The van der Waals surface area contributed by atoms with Gasteiger partial charge in [0.15, 0.2) is 0 Å². The number of carbonyl (C=O) groups excluding carboxylic acids is 2. The van der Waals surface area contributed by atoms with Gasteiger partial charge in [0.25, 0.3) is 0 Å². The van der Waals surface area contributed by atoms with Crippen molar-refractivity contribution in [2.45, 2.75) is 40.7 Å². The molecule has 0 aromatic carbocycles. The molecule has 1 fully saturated rings. The summed E-state index contributed by atoms with van der Waals surface area (Å²) < 4.78 is 10.2. The zero-order valence-corrected chi connectivity index (χ0v) is 11.1. The molecule has 0 N–H and O–H groups in total. The third kappa shape index (κ3) is 3.32. The average Bonchev–Trinajstić information content (AvgIpc) is 2.43. The molecule has 4 heteroatoms. The molecule has 1 aliphatic rings. The van der Waals surface area contributed by atoms with E-state index >= 15 is 0 Å². The fraction of sp³-hybridized carbons (Fsp3) is 0.692. The van der Waals surface area contributed by atoms with Crippen LogP contribution in [0.5, 0.6) is 0 Å². The van der Waals surface area contributed by atoms with Crippen molar-refractivity contribution < 1.29 is 19.1 Å². The quantitative estimate of drug-likeness (QED) is 0.560. The van der Waals surface area contributed by atoms with E-state index in [0.29, 0.717) is 6.61 Å². The van der Waals surface area contributed by atoms with Gasteiger partial charge in [0.05, 0.1) is 5.92 Å². The molecular weight excluding hydrogens is 220 g/mol. The molecule has 4 nitrogen and oxygen atoms in total. The first-order valence-corrected chi connectivity index (χ1v) is 5.76. The zero-order chi connectivity index (χ0) is 13.2. The Morgan fingerprint density at radius 1 is 1.53 bits per heavy atom. The highest BCUT2D eigenvalue weighted by molar-refractivity contribution is 5.83.